The summed E-state index contributed by atoms with van der Waals surface area (Å²) in [4.78, 5) is 24.2. The number of hydrogen-bond donors (Lipinski definition) is 0. The molecule has 1 aromatic heterocycles. The van der Waals surface area contributed by atoms with Gasteiger partial charge in [0.2, 0.25) is 5.91 Å². The number of methoxy groups -OCH3 is 1. The van der Waals surface area contributed by atoms with E-state index in [2.05, 4.69) is 28.0 Å². The number of rotatable bonds is 4. The van der Waals surface area contributed by atoms with E-state index in [0.717, 1.165) is 61.4 Å². The zero-order valence-electron chi connectivity index (χ0n) is 16.5. The first kappa shape index (κ1) is 18.2. The number of piperazine rings is 1. The van der Waals surface area contributed by atoms with Crippen LogP contribution >= 0.6 is 11.3 Å². The van der Waals surface area contributed by atoms with E-state index in [1.807, 2.05) is 35.2 Å². The number of carbonyl (C=O) groups excluding carboxylic acids is 1. The van der Waals surface area contributed by atoms with Crippen molar-refractivity contribution >= 4 is 38.3 Å². The Morgan fingerprint density at radius 1 is 1.03 bits per heavy atom. The molecule has 7 heteroatoms. The van der Waals surface area contributed by atoms with Crippen molar-refractivity contribution < 1.29 is 9.53 Å². The van der Waals surface area contributed by atoms with Crippen molar-refractivity contribution in [2.45, 2.75) is 0 Å². The number of benzene rings is 2. The summed E-state index contributed by atoms with van der Waals surface area (Å²) in [5.74, 6) is 1.24. The maximum atomic E-state index is 12.9. The molecule has 0 bridgehead atoms. The van der Waals surface area contributed by atoms with Gasteiger partial charge in [-0.05, 0) is 24.3 Å². The number of ether oxygens (including phenoxy) is 1. The van der Waals surface area contributed by atoms with Crippen LogP contribution in [0.2, 0.25) is 0 Å². The molecule has 3 aromatic rings. The largest absolute Gasteiger partial charge is 0.497 e. The molecular formula is C22H24N4O2S. The summed E-state index contributed by atoms with van der Waals surface area (Å²) < 4.78 is 6.52. The molecule has 0 aliphatic carbocycles. The average Bonchev–Trinajstić information content (AvgIpc) is 3.16. The molecular weight excluding hydrogens is 384 g/mol. The van der Waals surface area contributed by atoms with Gasteiger partial charge in [0.1, 0.15) is 5.75 Å². The predicted octanol–water partition coefficient (Wildman–Crippen LogP) is 3.09. The second-order valence-electron chi connectivity index (χ2n) is 7.58. The van der Waals surface area contributed by atoms with Crippen molar-refractivity contribution in [1.82, 2.24) is 9.88 Å². The highest BCUT2D eigenvalue weighted by Crippen LogP contribution is 2.33. The highest BCUT2D eigenvalue weighted by atomic mass is 32.1. The van der Waals surface area contributed by atoms with Gasteiger partial charge in [0.05, 0.1) is 23.2 Å². The molecule has 0 radical (unpaired) electrons. The number of amides is 1. The summed E-state index contributed by atoms with van der Waals surface area (Å²) in [5.41, 5.74) is 2.19. The highest BCUT2D eigenvalue weighted by molar-refractivity contribution is 7.22. The van der Waals surface area contributed by atoms with Gasteiger partial charge in [0.15, 0.2) is 5.13 Å². The molecule has 0 N–H and O–H groups in total. The van der Waals surface area contributed by atoms with Gasteiger partial charge in [-0.25, -0.2) is 4.98 Å². The van der Waals surface area contributed by atoms with Crippen molar-refractivity contribution in [2.75, 3.05) is 56.2 Å². The maximum Gasteiger partial charge on any atom is 0.229 e. The van der Waals surface area contributed by atoms with Gasteiger partial charge in [0.25, 0.3) is 0 Å². The molecule has 29 heavy (non-hydrogen) atoms. The number of anilines is 2. The SMILES string of the molecule is COc1cccc(N2CCN(C(=O)C3CN(c4nc5ccccc5s4)C3)CC2)c1. The fourth-order valence-electron chi connectivity index (χ4n) is 4.04. The molecule has 2 fully saturated rings. The zero-order chi connectivity index (χ0) is 19.8. The summed E-state index contributed by atoms with van der Waals surface area (Å²) in [6, 6.07) is 16.3. The number of fused-ring (bicyclic) bond motifs is 1. The lowest BCUT2D eigenvalue weighted by Gasteiger charge is -2.43. The molecule has 2 aliphatic rings. The maximum absolute atomic E-state index is 12.9. The van der Waals surface area contributed by atoms with Crippen molar-refractivity contribution in [1.29, 1.82) is 0 Å². The summed E-state index contributed by atoms with van der Waals surface area (Å²) >= 11 is 1.70. The number of hydrogen-bond acceptors (Lipinski definition) is 6. The molecule has 2 saturated heterocycles. The Morgan fingerprint density at radius 2 is 1.83 bits per heavy atom. The minimum Gasteiger partial charge on any atom is -0.497 e. The van der Waals surface area contributed by atoms with Gasteiger partial charge in [-0.15, -0.1) is 0 Å². The van der Waals surface area contributed by atoms with Crippen LogP contribution in [0.15, 0.2) is 48.5 Å². The van der Waals surface area contributed by atoms with Gasteiger partial charge >= 0.3 is 0 Å². The Labute approximate surface area is 174 Å². The molecule has 2 aliphatic heterocycles. The molecule has 1 amide bonds. The third-order valence-electron chi connectivity index (χ3n) is 5.79. The molecule has 0 unspecified atom stereocenters. The van der Waals surface area contributed by atoms with Crippen LogP contribution in [-0.2, 0) is 4.79 Å². The van der Waals surface area contributed by atoms with Crippen LogP contribution in [0.25, 0.3) is 10.2 Å². The monoisotopic (exact) mass is 408 g/mol. The van der Waals surface area contributed by atoms with Crippen LogP contribution in [0.5, 0.6) is 5.75 Å². The first-order chi connectivity index (χ1) is 14.2. The highest BCUT2D eigenvalue weighted by Gasteiger charge is 2.37. The van der Waals surface area contributed by atoms with Crippen LogP contribution in [0, 0.1) is 5.92 Å². The van der Waals surface area contributed by atoms with Crippen molar-refractivity contribution in [3.8, 4) is 5.75 Å². The molecule has 0 atom stereocenters. The number of thiazole rings is 1. The van der Waals surface area contributed by atoms with Crippen LogP contribution in [-0.4, -0.2) is 62.2 Å². The van der Waals surface area contributed by atoms with E-state index in [4.69, 9.17) is 9.72 Å². The van der Waals surface area contributed by atoms with Crippen LogP contribution < -0.4 is 14.5 Å². The quantitative estimate of drug-likeness (QED) is 0.664. The second-order valence-corrected chi connectivity index (χ2v) is 8.59. The Hall–Kier alpha value is -2.80. The first-order valence-electron chi connectivity index (χ1n) is 9.99. The predicted molar refractivity (Wildman–Crippen MR) is 117 cm³/mol. The zero-order valence-corrected chi connectivity index (χ0v) is 17.3. The standard InChI is InChI=1S/C22H24N4O2S/c1-28-18-6-4-5-17(13-18)24-9-11-25(12-10-24)21(27)16-14-26(15-16)22-23-19-7-2-3-8-20(19)29-22/h2-8,13,16H,9-12,14-15H2,1H3. The second kappa shape index (κ2) is 7.55. The van der Waals surface area contributed by atoms with E-state index in [1.165, 1.54) is 4.70 Å². The van der Waals surface area contributed by atoms with Gasteiger partial charge in [-0.2, -0.15) is 0 Å². The summed E-state index contributed by atoms with van der Waals surface area (Å²) in [5, 5.41) is 1.03. The lowest BCUT2D eigenvalue weighted by molar-refractivity contribution is -0.136. The number of nitrogens with zero attached hydrogens (tertiary/aromatic N) is 4. The topological polar surface area (TPSA) is 48.9 Å². The first-order valence-corrected chi connectivity index (χ1v) is 10.8. The van der Waals surface area contributed by atoms with Crippen molar-refractivity contribution in [2.24, 2.45) is 5.92 Å². The van der Waals surface area contributed by atoms with Crippen molar-refractivity contribution in [3.63, 3.8) is 0 Å². The molecule has 150 valence electrons. The van der Waals surface area contributed by atoms with E-state index < -0.39 is 0 Å². The van der Waals surface area contributed by atoms with E-state index in [1.54, 1.807) is 18.4 Å². The molecule has 0 saturated carbocycles. The van der Waals surface area contributed by atoms with Crippen LogP contribution in [0.1, 0.15) is 0 Å². The molecule has 2 aromatic carbocycles. The lowest BCUT2D eigenvalue weighted by atomic mass is 9.99. The summed E-state index contributed by atoms with van der Waals surface area (Å²) in [6.07, 6.45) is 0. The Morgan fingerprint density at radius 3 is 2.59 bits per heavy atom. The van der Waals surface area contributed by atoms with Crippen LogP contribution in [0.3, 0.4) is 0 Å². The molecule has 0 spiro atoms. The van der Waals surface area contributed by atoms with Gasteiger partial charge in [-0.1, -0.05) is 29.5 Å². The lowest BCUT2D eigenvalue weighted by Crippen LogP contribution is -2.58. The van der Waals surface area contributed by atoms with E-state index in [0.29, 0.717) is 0 Å². The van der Waals surface area contributed by atoms with Gasteiger partial charge < -0.3 is 19.4 Å². The Balaban J connectivity index is 1.15. The average molecular weight is 409 g/mol. The summed E-state index contributed by atoms with van der Waals surface area (Å²) in [6.45, 7) is 4.80. The number of para-hydroxylation sites is 1. The number of carbonyl (C=O) groups is 1. The smallest absolute Gasteiger partial charge is 0.229 e. The number of aromatic nitrogens is 1. The third-order valence-corrected chi connectivity index (χ3v) is 6.89. The minimum atomic E-state index is 0.0883. The van der Waals surface area contributed by atoms with Gasteiger partial charge in [0, 0.05) is 51.0 Å². The Kier molecular flexibility index (Phi) is 4.75. The van der Waals surface area contributed by atoms with E-state index in [9.17, 15) is 4.79 Å². The molecule has 3 heterocycles. The molecule has 5 rings (SSSR count). The van der Waals surface area contributed by atoms with E-state index >= 15 is 0 Å². The Bertz CT molecular complexity index is 989. The minimum absolute atomic E-state index is 0.0883. The fraction of sp³-hybridized carbons (Fsp3) is 0.364. The third kappa shape index (κ3) is 3.51. The van der Waals surface area contributed by atoms with Crippen LogP contribution in [0.4, 0.5) is 10.8 Å². The molecule has 6 nitrogen and oxygen atoms in total. The van der Waals surface area contributed by atoms with Crippen molar-refractivity contribution in [3.05, 3.63) is 48.5 Å². The van der Waals surface area contributed by atoms with E-state index in [-0.39, 0.29) is 11.8 Å². The van der Waals surface area contributed by atoms with Gasteiger partial charge in [-0.3, -0.25) is 4.79 Å². The fourth-order valence-corrected chi connectivity index (χ4v) is 5.02. The summed E-state index contributed by atoms with van der Waals surface area (Å²) in [7, 11) is 1.69. The normalized spacial score (nSPS) is 17.5.